The minimum Gasteiger partial charge on any atom is -0.434 e. The monoisotopic (exact) mass is 438 g/mol. The van der Waals surface area contributed by atoms with Crippen molar-refractivity contribution in [3.05, 3.63) is 39.4 Å². The van der Waals surface area contributed by atoms with Crippen LogP contribution < -0.4 is 16.6 Å². The number of halogens is 1. The maximum absolute atomic E-state index is 12.7. The second-order valence-corrected chi connectivity index (χ2v) is 7.06. The maximum Gasteiger partial charge on any atom is 0.405 e. The van der Waals surface area contributed by atoms with Gasteiger partial charge in [0.2, 0.25) is 0 Å². The smallest absolute Gasteiger partial charge is 0.405 e. The molecular weight excluding hydrogens is 416 g/mol. The Morgan fingerprint density at radius 1 is 1.33 bits per heavy atom. The van der Waals surface area contributed by atoms with Gasteiger partial charge < -0.3 is 15.8 Å². The quantitative estimate of drug-likeness (QED) is 0.582. The van der Waals surface area contributed by atoms with Crippen LogP contribution in [0.15, 0.2) is 33.8 Å². The van der Waals surface area contributed by atoms with Gasteiger partial charge in [-0.1, -0.05) is 42.1 Å². The van der Waals surface area contributed by atoms with E-state index in [0.717, 1.165) is 30.2 Å². The lowest BCUT2D eigenvalue weighted by Gasteiger charge is -2.17. The number of amides is 2. The molecule has 2 aromatic rings. The fraction of sp³-hybridized carbons (Fsp3) is 0.444. The van der Waals surface area contributed by atoms with Gasteiger partial charge >= 0.3 is 6.09 Å². The van der Waals surface area contributed by atoms with E-state index in [4.69, 9.17) is 10.5 Å². The van der Waals surface area contributed by atoms with E-state index in [-0.39, 0.29) is 12.1 Å². The second kappa shape index (κ2) is 10.1. The van der Waals surface area contributed by atoms with E-state index in [1.165, 1.54) is 10.9 Å². The SMILES string of the molecule is CCCCCCNC(=O)[C@H](Cn1cnc2ccc(Br)cc2c1=O)OC(N)=O. The number of primary amides is 1. The minimum absolute atomic E-state index is 0.169. The number of hydrogen-bond donors (Lipinski definition) is 2. The van der Waals surface area contributed by atoms with Gasteiger partial charge in [-0.25, -0.2) is 9.78 Å². The lowest BCUT2D eigenvalue weighted by Crippen LogP contribution is -2.43. The van der Waals surface area contributed by atoms with Crippen molar-refractivity contribution in [1.29, 1.82) is 0 Å². The van der Waals surface area contributed by atoms with Gasteiger partial charge in [0.1, 0.15) is 0 Å². The summed E-state index contributed by atoms with van der Waals surface area (Å²) in [5.74, 6) is -0.494. The maximum atomic E-state index is 12.7. The molecule has 1 heterocycles. The molecule has 0 aliphatic heterocycles. The fourth-order valence-electron chi connectivity index (χ4n) is 2.63. The van der Waals surface area contributed by atoms with Crippen LogP contribution >= 0.6 is 15.9 Å². The molecule has 146 valence electrons. The molecule has 3 N–H and O–H groups in total. The first-order chi connectivity index (χ1) is 12.9. The molecule has 0 aliphatic rings. The molecular formula is C18H23BrN4O4. The number of fused-ring (bicyclic) bond motifs is 1. The van der Waals surface area contributed by atoms with Crippen molar-refractivity contribution in [3.8, 4) is 0 Å². The van der Waals surface area contributed by atoms with Crippen LogP contribution in [0.5, 0.6) is 0 Å². The molecule has 1 aromatic heterocycles. The highest BCUT2D eigenvalue weighted by molar-refractivity contribution is 9.10. The highest BCUT2D eigenvalue weighted by Crippen LogP contribution is 2.15. The lowest BCUT2D eigenvalue weighted by molar-refractivity contribution is -0.130. The second-order valence-electron chi connectivity index (χ2n) is 6.14. The third-order valence-electron chi connectivity index (χ3n) is 4.03. The van der Waals surface area contributed by atoms with Gasteiger partial charge in [-0.2, -0.15) is 0 Å². The van der Waals surface area contributed by atoms with Gasteiger partial charge in [0.05, 0.1) is 23.8 Å². The molecule has 0 saturated heterocycles. The predicted molar refractivity (Wildman–Crippen MR) is 105 cm³/mol. The van der Waals surface area contributed by atoms with Gasteiger partial charge in [0.25, 0.3) is 11.5 Å². The number of rotatable bonds is 9. The summed E-state index contributed by atoms with van der Waals surface area (Å²) in [6, 6.07) is 5.15. The zero-order chi connectivity index (χ0) is 19.8. The van der Waals surface area contributed by atoms with Crippen molar-refractivity contribution in [2.75, 3.05) is 6.54 Å². The Morgan fingerprint density at radius 2 is 2.11 bits per heavy atom. The van der Waals surface area contributed by atoms with Gasteiger partial charge in [0.15, 0.2) is 6.10 Å². The van der Waals surface area contributed by atoms with Crippen LogP contribution in [0.4, 0.5) is 4.79 Å². The first-order valence-electron chi connectivity index (χ1n) is 8.81. The molecule has 0 bridgehead atoms. The molecule has 0 aliphatic carbocycles. The van der Waals surface area contributed by atoms with E-state index in [9.17, 15) is 14.4 Å². The first-order valence-corrected chi connectivity index (χ1v) is 9.60. The number of unbranched alkanes of at least 4 members (excludes halogenated alkanes) is 3. The number of nitrogens with two attached hydrogens (primary N) is 1. The summed E-state index contributed by atoms with van der Waals surface area (Å²) >= 11 is 3.32. The van der Waals surface area contributed by atoms with E-state index >= 15 is 0 Å². The number of carbonyl (C=O) groups excluding carboxylic acids is 2. The Labute approximate surface area is 165 Å². The summed E-state index contributed by atoms with van der Waals surface area (Å²) in [5, 5.41) is 3.11. The van der Waals surface area contributed by atoms with Crippen LogP contribution in [0, 0.1) is 0 Å². The first kappa shape index (κ1) is 20.9. The molecule has 1 aromatic carbocycles. The third kappa shape index (κ3) is 6.06. The normalized spacial score (nSPS) is 11.9. The zero-order valence-corrected chi connectivity index (χ0v) is 16.7. The van der Waals surface area contributed by atoms with Crippen molar-refractivity contribution in [2.45, 2.75) is 45.3 Å². The average Bonchev–Trinajstić information content (AvgIpc) is 2.63. The van der Waals surface area contributed by atoms with Crippen LogP contribution in [0.2, 0.25) is 0 Å². The average molecular weight is 439 g/mol. The molecule has 0 spiro atoms. The highest BCUT2D eigenvalue weighted by Gasteiger charge is 2.23. The Balaban J connectivity index is 2.14. The van der Waals surface area contributed by atoms with Crippen molar-refractivity contribution < 1.29 is 14.3 Å². The van der Waals surface area contributed by atoms with Crippen LogP contribution in [-0.4, -0.2) is 34.2 Å². The number of hydrogen-bond acceptors (Lipinski definition) is 5. The molecule has 27 heavy (non-hydrogen) atoms. The number of aromatic nitrogens is 2. The van der Waals surface area contributed by atoms with Gasteiger partial charge in [-0.15, -0.1) is 0 Å². The van der Waals surface area contributed by atoms with E-state index in [1.54, 1.807) is 18.2 Å². The van der Waals surface area contributed by atoms with Crippen molar-refractivity contribution in [1.82, 2.24) is 14.9 Å². The van der Waals surface area contributed by atoms with E-state index in [2.05, 4.69) is 33.2 Å². The van der Waals surface area contributed by atoms with Crippen molar-refractivity contribution >= 4 is 38.8 Å². The molecule has 0 radical (unpaired) electrons. The van der Waals surface area contributed by atoms with Crippen LogP contribution in [0.1, 0.15) is 32.6 Å². The Bertz CT molecular complexity index is 868. The third-order valence-corrected chi connectivity index (χ3v) is 4.52. The summed E-state index contributed by atoms with van der Waals surface area (Å²) < 4.78 is 6.89. The van der Waals surface area contributed by atoms with Gasteiger partial charge in [0, 0.05) is 11.0 Å². The van der Waals surface area contributed by atoms with Crippen LogP contribution in [0.3, 0.4) is 0 Å². The summed E-state index contributed by atoms with van der Waals surface area (Å²) in [6.07, 6.45) is 3.04. The lowest BCUT2D eigenvalue weighted by atomic mass is 10.2. The topological polar surface area (TPSA) is 116 Å². The summed E-state index contributed by atoms with van der Waals surface area (Å²) in [5.41, 5.74) is 5.27. The summed E-state index contributed by atoms with van der Waals surface area (Å²) in [7, 11) is 0. The summed E-state index contributed by atoms with van der Waals surface area (Å²) in [6.45, 7) is 2.40. The van der Waals surface area contributed by atoms with Gasteiger partial charge in [-0.05, 0) is 24.6 Å². The fourth-order valence-corrected chi connectivity index (χ4v) is 2.99. The van der Waals surface area contributed by atoms with E-state index in [0.29, 0.717) is 17.4 Å². The highest BCUT2D eigenvalue weighted by atomic mass is 79.9. The minimum atomic E-state index is -1.21. The number of benzene rings is 1. The van der Waals surface area contributed by atoms with Crippen molar-refractivity contribution in [2.24, 2.45) is 5.73 Å². The van der Waals surface area contributed by atoms with E-state index < -0.39 is 18.1 Å². The largest absolute Gasteiger partial charge is 0.434 e. The standard InChI is InChI=1S/C18H23BrN4O4/c1-2-3-4-5-8-21-16(24)15(27-18(20)26)10-23-11-22-14-7-6-12(19)9-13(14)17(23)25/h6-7,9,11,15H,2-5,8,10H2,1H3,(H2,20,26)(H,21,24)/t15-/m0/s1. The molecule has 9 heteroatoms. The van der Waals surface area contributed by atoms with Crippen LogP contribution in [-0.2, 0) is 16.1 Å². The number of nitrogens with zero attached hydrogens (tertiary/aromatic N) is 2. The van der Waals surface area contributed by atoms with Gasteiger partial charge in [-0.3, -0.25) is 14.2 Å². The predicted octanol–water partition coefficient (Wildman–Crippen LogP) is 2.32. The number of carbonyl (C=O) groups is 2. The molecule has 1 atom stereocenters. The van der Waals surface area contributed by atoms with Crippen LogP contribution in [0.25, 0.3) is 10.9 Å². The molecule has 0 fully saturated rings. The summed E-state index contributed by atoms with van der Waals surface area (Å²) in [4.78, 5) is 40.4. The molecule has 8 nitrogen and oxygen atoms in total. The molecule has 2 rings (SSSR count). The Kier molecular flexibility index (Phi) is 7.78. The molecule has 0 unspecified atom stereocenters. The zero-order valence-electron chi connectivity index (χ0n) is 15.1. The molecule has 0 saturated carbocycles. The van der Waals surface area contributed by atoms with E-state index in [1.807, 2.05) is 0 Å². The Morgan fingerprint density at radius 3 is 2.81 bits per heavy atom. The van der Waals surface area contributed by atoms with Crippen molar-refractivity contribution in [3.63, 3.8) is 0 Å². The Hall–Kier alpha value is -2.42. The number of nitrogens with one attached hydrogen (secondary N) is 1. The number of ether oxygens (including phenoxy) is 1. The molecule has 2 amide bonds.